The number of aryl methyl sites for hydroxylation is 2. The van der Waals surface area contributed by atoms with Crippen LogP contribution in [0.15, 0.2) is 30.3 Å². The van der Waals surface area contributed by atoms with Crippen LogP contribution in [-0.4, -0.2) is 0 Å². The van der Waals surface area contributed by atoms with E-state index in [2.05, 4.69) is 58.0 Å². The SMILES string of the molecule is CC1(C)C(C(N)c2ccc3c4c(cccc24)CC3)C1(C)C. The lowest BCUT2D eigenvalue weighted by molar-refractivity contribution is 0.457. The summed E-state index contributed by atoms with van der Waals surface area (Å²) in [5.41, 5.74) is 11.8. The molecule has 2 N–H and O–H groups in total. The normalized spacial score (nSPS) is 23.5. The molecule has 0 aromatic heterocycles. The van der Waals surface area contributed by atoms with E-state index in [9.17, 15) is 0 Å². The first-order valence-corrected chi connectivity index (χ1v) is 8.14. The van der Waals surface area contributed by atoms with Crippen LogP contribution in [0.2, 0.25) is 0 Å². The largest absolute Gasteiger partial charge is 0.324 e. The maximum atomic E-state index is 6.74. The molecule has 0 aliphatic heterocycles. The minimum Gasteiger partial charge on any atom is -0.324 e. The van der Waals surface area contributed by atoms with Crippen LogP contribution in [0.4, 0.5) is 0 Å². The van der Waals surface area contributed by atoms with Crippen molar-refractivity contribution >= 4 is 10.8 Å². The molecule has 2 aromatic carbocycles. The van der Waals surface area contributed by atoms with Crippen LogP contribution in [0.1, 0.15) is 50.4 Å². The van der Waals surface area contributed by atoms with Crippen LogP contribution >= 0.6 is 0 Å². The number of benzene rings is 2. The third kappa shape index (κ3) is 1.56. The Kier molecular flexibility index (Phi) is 2.47. The van der Waals surface area contributed by atoms with Gasteiger partial charge >= 0.3 is 0 Å². The molecule has 1 nitrogen and oxygen atoms in total. The first-order chi connectivity index (χ1) is 9.85. The van der Waals surface area contributed by atoms with E-state index in [1.807, 2.05) is 0 Å². The summed E-state index contributed by atoms with van der Waals surface area (Å²) < 4.78 is 0. The molecule has 1 fully saturated rings. The Hall–Kier alpha value is -1.34. The number of hydrogen-bond acceptors (Lipinski definition) is 1. The molecule has 0 heterocycles. The molecule has 1 saturated carbocycles. The first kappa shape index (κ1) is 13.3. The van der Waals surface area contributed by atoms with Crippen molar-refractivity contribution in [3.63, 3.8) is 0 Å². The predicted octanol–water partition coefficient (Wildman–Crippen LogP) is 4.62. The van der Waals surface area contributed by atoms with Gasteiger partial charge in [0.2, 0.25) is 0 Å². The Labute approximate surface area is 127 Å². The maximum absolute atomic E-state index is 6.74. The fourth-order valence-electron chi connectivity index (χ4n) is 4.88. The highest BCUT2D eigenvalue weighted by Crippen LogP contribution is 2.72. The van der Waals surface area contributed by atoms with E-state index in [-0.39, 0.29) is 6.04 Å². The molecule has 21 heavy (non-hydrogen) atoms. The van der Waals surface area contributed by atoms with Gasteiger partial charge in [0, 0.05) is 6.04 Å². The number of nitrogens with two attached hydrogens (primary N) is 1. The minimum absolute atomic E-state index is 0.139. The highest BCUT2D eigenvalue weighted by Gasteiger charge is 2.66. The fraction of sp³-hybridized carbons (Fsp3) is 0.500. The summed E-state index contributed by atoms with van der Waals surface area (Å²) in [6.07, 6.45) is 2.37. The van der Waals surface area contributed by atoms with Crippen molar-refractivity contribution in [3.05, 3.63) is 47.0 Å². The Balaban J connectivity index is 1.86. The summed E-state index contributed by atoms with van der Waals surface area (Å²) in [6, 6.07) is 11.5. The highest BCUT2D eigenvalue weighted by molar-refractivity contribution is 5.93. The molecule has 0 amide bonds. The second-order valence-electron chi connectivity index (χ2n) is 8.10. The second-order valence-corrected chi connectivity index (χ2v) is 8.10. The molecule has 110 valence electrons. The molecule has 0 saturated heterocycles. The quantitative estimate of drug-likeness (QED) is 0.853. The van der Waals surface area contributed by atoms with E-state index in [0.29, 0.717) is 16.7 Å². The molecule has 2 aromatic rings. The van der Waals surface area contributed by atoms with Crippen LogP contribution in [0, 0.1) is 16.7 Å². The van der Waals surface area contributed by atoms with Crippen molar-refractivity contribution in [2.24, 2.45) is 22.5 Å². The lowest BCUT2D eigenvalue weighted by atomic mass is 9.91. The average molecular weight is 279 g/mol. The highest BCUT2D eigenvalue weighted by atomic mass is 14.8. The van der Waals surface area contributed by atoms with Gasteiger partial charge in [-0.2, -0.15) is 0 Å². The zero-order valence-corrected chi connectivity index (χ0v) is 13.5. The van der Waals surface area contributed by atoms with Gasteiger partial charge in [-0.3, -0.25) is 0 Å². The number of rotatable bonds is 2. The van der Waals surface area contributed by atoms with E-state index in [4.69, 9.17) is 5.73 Å². The summed E-state index contributed by atoms with van der Waals surface area (Å²) in [7, 11) is 0. The molecule has 1 atom stereocenters. The minimum atomic E-state index is 0.139. The standard InChI is InChI=1S/C20H25N/c1-19(2)18(20(19,3)4)17(21)15-11-10-13-9-8-12-6-5-7-14(15)16(12)13/h5-7,10-11,17-18H,8-9,21H2,1-4H3. The van der Waals surface area contributed by atoms with Gasteiger partial charge in [-0.1, -0.05) is 58.0 Å². The molecule has 0 spiro atoms. The van der Waals surface area contributed by atoms with Crippen LogP contribution in [0.5, 0.6) is 0 Å². The van der Waals surface area contributed by atoms with E-state index >= 15 is 0 Å². The van der Waals surface area contributed by atoms with Gasteiger partial charge in [-0.05, 0) is 57.1 Å². The van der Waals surface area contributed by atoms with Crippen LogP contribution in [-0.2, 0) is 12.8 Å². The predicted molar refractivity (Wildman–Crippen MR) is 89.3 cm³/mol. The number of hydrogen-bond donors (Lipinski definition) is 1. The Bertz CT molecular complexity index is 715. The summed E-state index contributed by atoms with van der Waals surface area (Å²) in [4.78, 5) is 0. The summed E-state index contributed by atoms with van der Waals surface area (Å²) in [5, 5.41) is 2.88. The third-order valence-corrected chi connectivity index (χ3v) is 6.76. The van der Waals surface area contributed by atoms with Crippen LogP contribution in [0.25, 0.3) is 10.8 Å². The zero-order chi connectivity index (χ0) is 15.0. The van der Waals surface area contributed by atoms with Gasteiger partial charge < -0.3 is 5.73 Å². The molecular weight excluding hydrogens is 254 g/mol. The Morgan fingerprint density at radius 1 is 0.952 bits per heavy atom. The molecular formula is C20H25N. The molecule has 2 aliphatic rings. The van der Waals surface area contributed by atoms with Gasteiger partial charge in [0.15, 0.2) is 0 Å². The van der Waals surface area contributed by atoms with E-state index < -0.39 is 0 Å². The lowest BCUT2D eigenvalue weighted by Gasteiger charge is -2.18. The summed E-state index contributed by atoms with van der Waals surface area (Å²) in [6.45, 7) is 9.43. The first-order valence-electron chi connectivity index (χ1n) is 8.14. The van der Waals surface area contributed by atoms with Gasteiger partial charge in [0.1, 0.15) is 0 Å². The molecule has 1 heteroatoms. The third-order valence-electron chi connectivity index (χ3n) is 6.76. The van der Waals surface area contributed by atoms with Crippen molar-refractivity contribution in [1.82, 2.24) is 0 Å². The van der Waals surface area contributed by atoms with Crippen molar-refractivity contribution in [3.8, 4) is 0 Å². The Morgan fingerprint density at radius 3 is 2.19 bits per heavy atom. The Morgan fingerprint density at radius 2 is 1.57 bits per heavy atom. The van der Waals surface area contributed by atoms with Crippen LogP contribution in [0.3, 0.4) is 0 Å². The molecule has 0 bridgehead atoms. The molecule has 2 aliphatic carbocycles. The maximum Gasteiger partial charge on any atom is 0.0340 e. The van der Waals surface area contributed by atoms with E-state index in [1.54, 1.807) is 0 Å². The summed E-state index contributed by atoms with van der Waals surface area (Å²) >= 11 is 0. The van der Waals surface area contributed by atoms with E-state index in [1.165, 1.54) is 40.3 Å². The van der Waals surface area contributed by atoms with Gasteiger partial charge in [0.05, 0.1) is 0 Å². The van der Waals surface area contributed by atoms with Gasteiger partial charge in [0.25, 0.3) is 0 Å². The van der Waals surface area contributed by atoms with Crippen molar-refractivity contribution in [2.75, 3.05) is 0 Å². The molecule has 1 unspecified atom stereocenters. The second kappa shape index (κ2) is 3.89. The van der Waals surface area contributed by atoms with Crippen molar-refractivity contribution < 1.29 is 0 Å². The fourth-order valence-corrected chi connectivity index (χ4v) is 4.88. The smallest absolute Gasteiger partial charge is 0.0340 e. The van der Waals surface area contributed by atoms with Gasteiger partial charge in [-0.15, -0.1) is 0 Å². The van der Waals surface area contributed by atoms with Crippen molar-refractivity contribution in [1.29, 1.82) is 0 Å². The van der Waals surface area contributed by atoms with E-state index in [0.717, 1.165) is 0 Å². The molecule has 4 rings (SSSR count). The molecule has 0 radical (unpaired) electrons. The monoisotopic (exact) mass is 279 g/mol. The average Bonchev–Trinajstić information content (AvgIpc) is 2.76. The van der Waals surface area contributed by atoms with Crippen LogP contribution < -0.4 is 5.73 Å². The topological polar surface area (TPSA) is 26.0 Å². The zero-order valence-electron chi connectivity index (χ0n) is 13.5. The summed E-state index contributed by atoms with van der Waals surface area (Å²) in [5.74, 6) is 0.559. The lowest BCUT2D eigenvalue weighted by Crippen LogP contribution is -2.17. The van der Waals surface area contributed by atoms with Gasteiger partial charge in [-0.25, -0.2) is 0 Å². The van der Waals surface area contributed by atoms with Crippen molar-refractivity contribution in [2.45, 2.75) is 46.6 Å².